The van der Waals surface area contributed by atoms with Crippen LogP contribution in [0, 0.1) is 6.92 Å². The molecule has 0 aliphatic carbocycles. The Balaban J connectivity index is 1.84. The van der Waals surface area contributed by atoms with Gasteiger partial charge in [0.2, 0.25) is 5.91 Å². The van der Waals surface area contributed by atoms with Crippen LogP contribution >= 0.6 is 11.3 Å². The van der Waals surface area contributed by atoms with Crippen LogP contribution in [0.25, 0.3) is 21.9 Å². The van der Waals surface area contributed by atoms with Crippen LogP contribution in [0.1, 0.15) is 5.69 Å². The summed E-state index contributed by atoms with van der Waals surface area (Å²) < 4.78 is 12.1. The van der Waals surface area contributed by atoms with E-state index in [2.05, 4.69) is 15.6 Å². The first-order chi connectivity index (χ1) is 11.7. The third kappa shape index (κ3) is 3.55. The van der Waals surface area contributed by atoms with Gasteiger partial charge in [0, 0.05) is 19.7 Å². The third-order valence-electron chi connectivity index (χ3n) is 3.41. The number of carbonyl (C=O) groups excluding carboxylic acids is 1. The zero-order valence-corrected chi connectivity index (χ0v) is 14.3. The molecule has 0 fully saturated rings. The van der Waals surface area contributed by atoms with E-state index < -0.39 is 0 Å². The Bertz CT molecular complexity index is 807. The third-order valence-corrected chi connectivity index (χ3v) is 4.29. The normalized spacial score (nSPS) is 10.9. The minimum Gasteiger partial charge on any atom is -0.375 e. The van der Waals surface area contributed by atoms with Gasteiger partial charge in [-0.3, -0.25) is 9.48 Å². The maximum Gasteiger partial charge on any atom is 0.246 e. The Kier molecular flexibility index (Phi) is 5.07. The van der Waals surface area contributed by atoms with E-state index in [4.69, 9.17) is 9.26 Å². The van der Waals surface area contributed by atoms with Crippen molar-refractivity contribution < 1.29 is 14.1 Å². The monoisotopic (exact) mass is 346 g/mol. The molecule has 3 rings (SSSR count). The lowest BCUT2D eigenvalue weighted by Gasteiger charge is -2.08. The number of methoxy groups -OCH3 is 1. The van der Waals surface area contributed by atoms with Gasteiger partial charge < -0.3 is 14.6 Å². The van der Waals surface area contributed by atoms with Gasteiger partial charge in [0.25, 0.3) is 0 Å². The number of aryl methyl sites for hydroxylation is 1. The lowest BCUT2D eigenvalue weighted by atomic mass is 10.1. The van der Waals surface area contributed by atoms with E-state index in [1.807, 2.05) is 35.2 Å². The first-order valence-electron chi connectivity index (χ1n) is 7.48. The molecule has 0 radical (unpaired) electrons. The number of nitrogens with zero attached hydrogens (tertiary/aromatic N) is 3. The molecule has 3 aromatic rings. The molecule has 1 N–H and O–H groups in total. The van der Waals surface area contributed by atoms with Crippen molar-refractivity contribution in [2.75, 3.05) is 20.3 Å². The first-order valence-corrected chi connectivity index (χ1v) is 8.36. The predicted molar refractivity (Wildman–Crippen MR) is 90.7 cm³/mol. The number of carbonyl (C=O) groups is 1. The van der Waals surface area contributed by atoms with E-state index in [1.165, 1.54) is 7.11 Å². The van der Waals surface area contributed by atoms with E-state index in [9.17, 15) is 4.79 Å². The molecular weight excluding hydrogens is 328 g/mol. The summed E-state index contributed by atoms with van der Waals surface area (Å²) in [6, 6.07) is 5.92. The molecule has 0 unspecified atom stereocenters. The van der Waals surface area contributed by atoms with Gasteiger partial charge >= 0.3 is 0 Å². The van der Waals surface area contributed by atoms with Crippen molar-refractivity contribution in [3.05, 3.63) is 35.5 Å². The summed E-state index contributed by atoms with van der Waals surface area (Å²) in [4.78, 5) is 12.6. The minimum absolute atomic E-state index is 0.0550. The van der Waals surface area contributed by atoms with Crippen molar-refractivity contribution in [3.63, 3.8) is 0 Å². The van der Waals surface area contributed by atoms with Gasteiger partial charge in [0.05, 0.1) is 34.6 Å². The smallest absolute Gasteiger partial charge is 0.246 e. The van der Waals surface area contributed by atoms with E-state index in [1.54, 1.807) is 17.5 Å². The second-order valence-electron chi connectivity index (χ2n) is 5.22. The average molecular weight is 346 g/mol. The SMILES string of the molecule is COCC(=O)NCCn1ncc(-c2cc(C)no2)c1-c1cccs1. The van der Waals surface area contributed by atoms with Crippen LogP contribution < -0.4 is 5.32 Å². The number of ether oxygens (including phenoxy) is 1. The maximum absolute atomic E-state index is 11.5. The van der Waals surface area contributed by atoms with Crippen molar-refractivity contribution in [1.82, 2.24) is 20.3 Å². The summed E-state index contributed by atoms with van der Waals surface area (Å²) in [7, 11) is 1.49. The molecule has 126 valence electrons. The molecule has 8 heteroatoms. The molecule has 0 aromatic carbocycles. The number of rotatable bonds is 7. The summed E-state index contributed by atoms with van der Waals surface area (Å²) in [5.41, 5.74) is 2.67. The summed E-state index contributed by atoms with van der Waals surface area (Å²) in [5.74, 6) is 0.541. The molecule has 3 heterocycles. The number of amides is 1. The number of hydrogen-bond acceptors (Lipinski definition) is 6. The van der Waals surface area contributed by atoms with Crippen LogP contribution in [0.15, 0.2) is 34.3 Å². The van der Waals surface area contributed by atoms with Crippen molar-refractivity contribution in [2.45, 2.75) is 13.5 Å². The molecule has 0 saturated carbocycles. The highest BCUT2D eigenvalue weighted by Gasteiger charge is 2.18. The van der Waals surface area contributed by atoms with E-state index >= 15 is 0 Å². The Morgan fingerprint density at radius 3 is 3.04 bits per heavy atom. The number of nitrogens with one attached hydrogen (secondary N) is 1. The quantitative estimate of drug-likeness (QED) is 0.710. The van der Waals surface area contributed by atoms with Gasteiger partial charge in [0.1, 0.15) is 6.61 Å². The van der Waals surface area contributed by atoms with Crippen molar-refractivity contribution in [2.24, 2.45) is 0 Å². The summed E-state index contributed by atoms with van der Waals surface area (Å²) in [5, 5.41) is 13.2. The molecule has 0 aliphatic rings. The fourth-order valence-corrected chi connectivity index (χ4v) is 3.17. The Morgan fingerprint density at radius 1 is 1.50 bits per heavy atom. The van der Waals surface area contributed by atoms with E-state index in [-0.39, 0.29) is 12.5 Å². The van der Waals surface area contributed by atoms with Crippen LogP contribution in [-0.4, -0.2) is 41.1 Å². The summed E-state index contributed by atoms with van der Waals surface area (Å²) in [6.07, 6.45) is 1.77. The van der Waals surface area contributed by atoms with Crippen LogP contribution in [0.5, 0.6) is 0 Å². The molecule has 0 bridgehead atoms. The Hall–Kier alpha value is -2.45. The van der Waals surface area contributed by atoms with Crippen molar-refractivity contribution in [1.29, 1.82) is 0 Å². The highest BCUT2D eigenvalue weighted by Crippen LogP contribution is 2.34. The molecular formula is C16H18N4O3S. The standard InChI is InChI=1S/C16H18N4O3S/c1-11-8-13(23-19-11)12-9-18-20(6-5-17-15(21)10-22-2)16(12)14-4-3-7-24-14/h3-4,7-9H,5-6,10H2,1-2H3,(H,17,21). The molecule has 3 aromatic heterocycles. The highest BCUT2D eigenvalue weighted by molar-refractivity contribution is 7.13. The fraction of sp³-hybridized carbons (Fsp3) is 0.312. The van der Waals surface area contributed by atoms with E-state index in [0.29, 0.717) is 18.8 Å². The molecule has 0 aliphatic heterocycles. The van der Waals surface area contributed by atoms with Gasteiger partial charge in [-0.05, 0) is 18.4 Å². The second-order valence-corrected chi connectivity index (χ2v) is 6.17. The topological polar surface area (TPSA) is 82.2 Å². The zero-order chi connectivity index (χ0) is 16.9. The number of thiophene rings is 1. The van der Waals surface area contributed by atoms with Gasteiger partial charge in [-0.2, -0.15) is 5.10 Å². The fourth-order valence-electron chi connectivity index (χ4n) is 2.38. The van der Waals surface area contributed by atoms with Gasteiger partial charge in [-0.1, -0.05) is 11.2 Å². The second kappa shape index (κ2) is 7.41. The van der Waals surface area contributed by atoms with Crippen LogP contribution in [0.3, 0.4) is 0 Å². The average Bonchev–Trinajstić information content (AvgIpc) is 3.26. The maximum atomic E-state index is 11.5. The minimum atomic E-state index is -0.145. The highest BCUT2D eigenvalue weighted by atomic mass is 32.1. The van der Waals surface area contributed by atoms with Crippen LogP contribution in [-0.2, 0) is 16.1 Å². The largest absolute Gasteiger partial charge is 0.375 e. The predicted octanol–water partition coefficient (Wildman–Crippen LogP) is 2.34. The molecule has 7 nitrogen and oxygen atoms in total. The number of hydrogen-bond donors (Lipinski definition) is 1. The van der Waals surface area contributed by atoms with Crippen LogP contribution in [0.2, 0.25) is 0 Å². The van der Waals surface area contributed by atoms with Gasteiger partial charge in [-0.25, -0.2) is 0 Å². The first kappa shape index (κ1) is 16.4. The van der Waals surface area contributed by atoms with Crippen LogP contribution in [0.4, 0.5) is 0 Å². The molecule has 24 heavy (non-hydrogen) atoms. The van der Waals surface area contributed by atoms with E-state index in [0.717, 1.165) is 21.8 Å². The molecule has 0 saturated heterocycles. The Morgan fingerprint density at radius 2 is 2.38 bits per heavy atom. The molecule has 0 spiro atoms. The summed E-state index contributed by atoms with van der Waals surface area (Å²) >= 11 is 1.63. The lowest BCUT2D eigenvalue weighted by molar-refractivity contribution is -0.124. The zero-order valence-electron chi connectivity index (χ0n) is 13.5. The van der Waals surface area contributed by atoms with Crippen molar-refractivity contribution >= 4 is 17.2 Å². The molecule has 1 amide bonds. The van der Waals surface area contributed by atoms with Crippen molar-refractivity contribution in [3.8, 4) is 21.9 Å². The number of aromatic nitrogens is 3. The van der Waals surface area contributed by atoms with Gasteiger partial charge in [-0.15, -0.1) is 11.3 Å². The Labute approximate surface area is 143 Å². The molecule has 0 atom stereocenters. The lowest BCUT2D eigenvalue weighted by Crippen LogP contribution is -2.30. The van der Waals surface area contributed by atoms with Gasteiger partial charge in [0.15, 0.2) is 5.76 Å². The summed E-state index contributed by atoms with van der Waals surface area (Å²) in [6.45, 7) is 2.96.